The molecule has 1 aliphatic heterocycles. The van der Waals surface area contributed by atoms with E-state index in [9.17, 15) is 14.4 Å². The van der Waals surface area contributed by atoms with Crippen molar-refractivity contribution in [3.8, 4) is 0 Å². The average molecular weight is 409 g/mol. The number of hydrogen-bond donors (Lipinski definition) is 2. The van der Waals surface area contributed by atoms with Crippen LogP contribution >= 0.6 is 11.3 Å². The van der Waals surface area contributed by atoms with E-state index >= 15 is 0 Å². The summed E-state index contributed by atoms with van der Waals surface area (Å²) >= 11 is 1.31. The second-order valence-corrected chi connectivity index (χ2v) is 9.21. The number of unbranched alkanes of at least 4 members (excludes halogenated alkanes) is 4. The lowest BCUT2D eigenvalue weighted by Gasteiger charge is -2.21. The second kappa shape index (κ2) is 9.49. The van der Waals surface area contributed by atoms with E-state index in [1.165, 1.54) is 17.8 Å². The molecule has 8 heteroatoms. The highest BCUT2D eigenvalue weighted by atomic mass is 32.1. The lowest BCUT2D eigenvalue weighted by atomic mass is 9.94. The molecule has 0 bridgehead atoms. The van der Waals surface area contributed by atoms with Crippen molar-refractivity contribution in [2.45, 2.75) is 85.1 Å². The summed E-state index contributed by atoms with van der Waals surface area (Å²) in [5.74, 6) is -0.447. The second-order valence-electron chi connectivity index (χ2n) is 8.13. The third kappa shape index (κ3) is 5.31. The Morgan fingerprint density at radius 3 is 2.57 bits per heavy atom. The number of carbonyl (C=O) groups excluding carboxylic acids is 3. The Balaban J connectivity index is 2.00. The molecule has 156 valence electrons. The number of amides is 4. The van der Waals surface area contributed by atoms with Gasteiger partial charge in [-0.05, 0) is 26.2 Å². The van der Waals surface area contributed by atoms with Crippen LogP contribution in [0.2, 0.25) is 0 Å². The first-order chi connectivity index (χ1) is 13.2. The molecule has 1 saturated heterocycles. The zero-order valence-electron chi connectivity index (χ0n) is 17.6. The molecule has 4 amide bonds. The SMILES string of the molecule is CCCCCCCC1(C)NC(=O)N(NC(=O)c2sc(CC(C)C)nc2C)C1=O. The van der Waals surface area contributed by atoms with Gasteiger partial charge in [0.25, 0.3) is 11.8 Å². The van der Waals surface area contributed by atoms with Gasteiger partial charge in [0.05, 0.1) is 10.7 Å². The Labute approximate surface area is 171 Å². The number of hydrazine groups is 1. The minimum atomic E-state index is -0.970. The van der Waals surface area contributed by atoms with Crippen molar-refractivity contribution in [1.29, 1.82) is 0 Å². The maximum Gasteiger partial charge on any atom is 0.344 e. The van der Waals surface area contributed by atoms with E-state index in [4.69, 9.17) is 0 Å². The Hall–Kier alpha value is -1.96. The number of carbonyl (C=O) groups is 3. The number of nitrogens with zero attached hydrogens (tertiary/aromatic N) is 2. The molecule has 1 fully saturated rings. The molecular weight excluding hydrogens is 376 g/mol. The summed E-state index contributed by atoms with van der Waals surface area (Å²) in [6, 6.07) is -0.584. The van der Waals surface area contributed by atoms with Crippen molar-refractivity contribution in [2.24, 2.45) is 5.92 Å². The molecule has 1 aliphatic rings. The van der Waals surface area contributed by atoms with Crippen molar-refractivity contribution in [3.63, 3.8) is 0 Å². The lowest BCUT2D eigenvalue weighted by molar-refractivity contribution is -0.132. The molecule has 0 radical (unpaired) electrons. The molecule has 1 aromatic rings. The molecular formula is C20H32N4O3S. The van der Waals surface area contributed by atoms with Gasteiger partial charge in [0.15, 0.2) is 0 Å². The monoisotopic (exact) mass is 408 g/mol. The van der Waals surface area contributed by atoms with Gasteiger partial charge in [-0.1, -0.05) is 52.9 Å². The van der Waals surface area contributed by atoms with Crippen molar-refractivity contribution >= 4 is 29.2 Å². The Morgan fingerprint density at radius 1 is 1.25 bits per heavy atom. The highest BCUT2D eigenvalue weighted by molar-refractivity contribution is 7.13. The van der Waals surface area contributed by atoms with Crippen LogP contribution in [0.3, 0.4) is 0 Å². The number of aromatic nitrogens is 1. The molecule has 0 aromatic carbocycles. The van der Waals surface area contributed by atoms with Gasteiger partial charge in [-0.15, -0.1) is 11.3 Å². The van der Waals surface area contributed by atoms with Gasteiger partial charge < -0.3 is 5.32 Å². The number of imide groups is 1. The van der Waals surface area contributed by atoms with Gasteiger partial charge in [0.2, 0.25) is 0 Å². The molecule has 1 unspecified atom stereocenters. The van der Waals surface area contributed by atoms with Crippen LogP contribution in [0.5, 0.6) is 0 Å². The molecule has 2 rings (SSSR count). The summed E-state index contributed by atoms with van der Waals surface area (Å²) in [6.45, 7) is 9.82. The van der Waals surface area contributed by atoms with Crippen LogP contribution in [0.15, 0.2) is 0 Å². The zero-order valence-corrected chi connectivity index (χ0v) is 18.4. The highest BCUT2D eigenvalue weighted by Gasteiger charge is 2.48. The first kappa shape index (κ1) is 22.3. The Morgan fingerprint density at radius 2 is 1.93 bits per heavy atom. The third-order valence-electron chi connectivity index (χ3n) is 4.88. The zero-order chi connectivity index (χ0) is 20.9. The van der Waals surface area contributed by atoms with Gasteiger partial charge in [-0.3, -0.25) is 15.0 Å². The van der Waals surface area contributed by atoms with Gasteiger partial charge >= 0.3 is 6.03 Å². The van der Waals surface area contributed by atoms with Crippen LogP contribution in [0.25, 0.3) is 0 Å². The van der Waals surface area contributed by atoms with E-state index in [2.05, 4.69) is 36.5 Å². The van der Waals surface area contributed by atoms with Crippen LogP contribution in [-0.4, -0.2) is 33.4 Å². The van der Waals surface area contributed by atoms with Gasteiger partial charge in [-0.2, -0.15) is 5.01 Å². The van der Waals surface area contributed by atoms with Crippen molar-refractivity contribution in [3.05, 3.63) is 15.6 Å². The Bertz CT molecular complexity index is 731. The van der Waals surface area contributed by atoms with Crippen LogP contribution in [-0.2, 0) is 11.2 Å². The molecule has 0 saturated carbocycles. The summed E-state index contributed by atoms with van der Waals surface area (Å²) in [4.78, 5) is 42.6. The first-order valence-electron chi connectivity index (χ1n) is 10.1. The number of aryl methyl sites for hydroxylation is 1. The van der Waals surface area contributed by atoms with Crippen molar-refractivity contribution in [2.75, 3.05) is 0 Å². The quantitative estimate of drug-likeness (QED) is 0.453. The van der Waals surface area contributed by atoms with Crippen molar-refractivity contribution < 1.29 is 14.4 Å². The maximum absolute atomic E-state index is 12.8. The fraction of sp³-hybridized carbons (Fsp3) is 0.700. The van der Waals surface area contributed by atoms with Crippen LogP contribution in [0.1, 0.15) is 86.6 Å². The number of urea groups is 1. The predicted octanol–water partition coefficient (Wildman–Crippen LogP) is 3.97. The molecule has 1 atom stereocenters. The molecule has 1 aromatic heterocycles. The van der Waals surface area contributed by atoms with E-state index in [-0.39, 0.29) is 0 Å². The summed E-state index contributed by atoms with van der Waals surface area (Å²) < 4.78 is 0. The predicted molar refractivity (Wildman–Crippen MR) is 110 cm³/mol. The summed E-state index contributed by atoms with van der Waals surface area (Å²) in [5.41, 5.74) is 2.12. The fourth-order valence-electron chi connectivity index (χ4n) is 3.29. The normalized spacial score (nSPS) is 19.4. The highest BCUT2D eigenvalue weighted by Crippen LogP contribution is 2.25. The molecule has 7 nitrogen and oxygen atoms in total. The average Bonchev–Trinajstić information content (AvgIpc) is 3.06. The van der Waals surface area contributed by atoms with Crippen LogP contribution < -0.4 is 10.7 Å². The third-order valence-corrected chi connectivity index (χ3v) is 6.06. The summed E-state index contributed by atoms with van der Waals surface area (Å²) in [6.07, 6.45) is 6.69. The lowest BCUT2D eigenvalue weighted by Crippen LogP contribution is -2.48. The van der Waals surface area contributed by atoms with Gasteiger partial charge in [0.1, 0.15) is 10.4 Å². The van der Waals surface area contributed by atoms with Crippen LogP contribution in [0.4, 0.5) is 4.79 Å². The van der Waals surface area contributed by atoms with E-state index in [0.717, 1.165) is 42.1 Å². The molecule has 2 heterocycles. The molecule has 0 aliphatic carbocycles. The molecule has 2 N–H and O–H groups in total. The largest absolute Gasteiger partial charge is 0.344 e. The minimum Gasteiger partial charge on any atom is -0.322 e. The Kier molecular flexibility index (Phi) is 7.57. The van der Waals surface area contributed by atoms with Crippen LogP contribution in [0, 0.1) is 12.8 Å². The smallest absolute Gasteiger partial charge is 0.322 e. The molecule has 28 heavy (non-hydrogen) atoms. The van der Waals surface area contributed by atoms with E-state index in [1.54, 1.807) is 13.8 Å². The topological polar surface area (TPSA) is 91.4 Å². The van der Waals surface area contributed by atoms with E-state index in [1.807, 2.05) is 0 Å². The first-order valence-corrected chi connectivity index (χ1v) is 10.9. The summed E-state index contributed by atoms with van der Waals surface area (Å²) in [7, 11) is 0. The minimum absolute atomic E-state index is 0.411. The summed E-state index contributed by atoms with van der Waals surface area (Å²) in [5, 5.41) is 4.43. The van der Waals surface area contributed by atoms with Gasteiger partial charge in [-0.25, -0.2) is 9.78 Å². The maximum atomic E-state index is 12.8. The van der Waals surface area contributed by atoms with Crippen molar-refractivity contribution in [1.82, 2.24) is 20.7 Å². The number of nitrogens with one attached hydrogen (secondary N) is 2. The number of thiazole rings is 1. The fourth-order valence-corrected chi connectivity index (χ4v) is 4.46. The number of hydrogen-bond acceptors (Lipinski definition) is 5. The standard InChI is InChI=1S/C20H32N4O3S/c1-6-7-8-9-10-11-20(5)18(26)24(19(27)22-20)23-17(25)16-14(4)21-15(28-16)12-13(2)3/h13H,6-12H2,1-5H3,(H,22,27)(H,23,25). The van der Waals surface area contributed by atoms with E-state index < -0.39 is 23.4 Å². The number of rotatable bonds is 10. The van der Waals surface area contributed by atoms with Gasteiger partial charge in [0, 0.05) is 6.42 Å². The molecule has 0 spiro atoms. The van der Waals surface area contributed by atoms with E-state index in [0.29, 0.717) is 22.9 Å².